The summed E-state index contributed by atoms with van der Waals surface area (Å²) in [5.41, 5.74) is 15.9. The maximum atomic E-state index is 5.99. The molecule has 0 spiro atoms. The summed E-state index contributed by atoms with van der Waals surface area (Å²) in [5.74, 6) is 1.53. The molecule has 3 aromatic rings. The number of rotatable bonds is 7. The Labute approximate surface area is 185 Å². The SMILES string of the molecule is COc1cc(-c2cc(C)c(-c3ccc(NCC=C(C)C)c(OC)c3)cc2C)ccc1N. The third-order valence-corrected chi connectivity index (χ3v) is 5.43. The Morgan fingerprint density at radius 2 is 1.39 bits per heavy atom. The van der Waals surface area contributed by atoms with Crippen molar-refractivity contribution in [1.82, 2.24) is 0 Å². The van der Waals surface area contributed by atoms with Crippen LogP contribution in [0.25, 0.3) is 22.3 Å². The molecule has 162 valence electrons. The first-order valence-electron chi connectivity index (χ1n) is 10.4. The maximum Gasteiger partial charge on any atom is 0.142 e. The van der Waals surface area contributed by atoms with Crippen molar-refractivity contribution in [3.63, 3.8) is 0 Å². The molecule has 0 fully saturated rings. The Balaban J connectivity index is 1.97. The van der Waals surface area contributed by atoms with Crippen molar-refractivity contribution < 1.29 is 9.47 Å². The lowest BCUT2D eigenvalue weighted by molar-refractivity contribution is 0.416. The van der Waals surface area contributed by atoms with Gasteiger partial charge in [-0.1, -0.05) is 35.9 Å². The van der Waals surface area contributed by atoms with Gasteiger partial charge in [-0.05, 0) is 85.3 Å². The summed E-state index contributed by atoms with van der Waals surface area (Å²) >= 11 is 0. The minimum absolute atomic E-state index is 0.641. The van der Waals surface area contributed by atoms with Gasteiger partial charge >= 0.3 is 0 Å². The number of anilines is 2. The molecule has 3 aromatic carbocycles. The molecule has 3 rings (SSSR count). The second-order valence-electron chi connectivity index (χ2n) is 8.02. The quantitative estimate of drug-likeness (QED) is 0.336. The van der Waals surface area contributed by atoms with Crippen LogP contribution in [0.5, 0.6) is 11.5 Å². The highest BCUT2D eigenvalue weighted by Crippen LogP contribution is 2.37. The zero-order valence-electron chi connectivity index (χ0n) is 19.3. The van der Waals surface area contributed by atoms with E-state index in [1.165, 1.54) is 27.8 Å². The lowest BCUT2D eigenvalue weighted by atomic mass is 9.91. The molecule has 0 heterocycles. The molecule has 4 nitrogen and oxygen atoms in total. The van der Waals surface area contributed by atoms with Gasteiger partial charge in [0, 0.05) is 6.54 Å². The largest absolute Gasteiger partial charge is 0.495 e. The van der Waals surface area contributed by atoms with E-state index >= 15 is 0 Å². The molecule has 0 amide bonds. The number of nitrogens with one attached hydrogen (secondary N) is 1. The average Bonchev–Trinajstić information content (AvgIpc) is 2.75. The van der Waals surface area contributed by atoms with Crippen LogP contribution in [0.15, 0.2) is 60.2 Å². The number of nitrogen functional groups attached to an aromatic ring is 1. The summed E-state index contributed by atoms with van der Waals surface area (Å²) in [7, 11) is 3.35. The Bertz CT molecular complexity index is 1110. The number of benzene rings is 3. The van der Waals surface area contributed by atoms with E-state index in [4.69, 9.17) is 15.2 Å². The molecule has 0 saturated heterocycles. The molecular formula is C27H32N2O2. The van der Waals surface area contributed by atoms with Crippen LogP contribution in [0, 0.1) is 13.8 Å². The van der Waals surface area contributed by atoms with Crippen molar-refractivity contribution in [1.29, 1.82) is 0 Å². The number of ether oxygens (including phenoxy) is 2. The first-order valence-corrected chi connectivity index (χ1v) is 10.4. The van der Waals surface area contributed by atoms with Gasteiger partial charge in [0.15, 0.2) is 0 Å². The fourth-order valence-electron chi connectivity index (χ4n) is 3.69. The molecule has 4 heteroatoms. The van der Waals surface area contributed by atoms with E-state index in [1.807, 2.05) is 18.2 Å². The molecule has 0 bridgehead atoms. The van der Waals surface area contributed by atoms with Crippen molar-refractivity contribution in [2.75, 3.05) is 31.8 Å². The highest BCUT2D eigenvalue weighted by molar-refractivity contribution is 5.79. The summed E-state index contributed by atoms with van der Waals surface area (Å²) in [6, 6.07) is 16.7. The van der Waals surface area contributed by atoms with Crippen LogP contribution in [-0.2, 0) is 0 Å². The van der Waals surface area contributed by atoms with Crippen LogP contribution in [0.2, 0.25) is 0 Å². The molecule has 31 heavy (non-hydrogen) atoms. The highest BCUT2D eigenvalue weighted by Gasteiger charge is 2.12. The fourth-order valence-corrected chi connectivity index (χ4v) is 3.69. The summed E-state index contributed by atoms with van der Waals surface area (Å²) in [4.78, 5) is 0. The summed E-state index contributed by atoms with van der Waals surface area (Å²) in [6.45, 7) is 9.23. The van der Waals surface area contributed by atoms with Gasteiger partial charge in [0.2, 0.25) is 0 Å². The van der Waals surface area contributed by atoms with E-state index < -0.39 is 0 Å². The number of hydrogen-bond donors (Lipinski definition) is 2. The van der Waals surface area contributed by atoms with Crippen molar-refractivity contribution in [3.05, 3.63) is 71.3 Å². The van der Waals surface area contributed by atoms with Crippen LogP contribution >= 0.6 is 0 Å². The Morgan fingerprint density at radius 3 is 1.94 bits per heavy atom. The molecule has 0 aliphatic heterocycles. The fraction of sp³-hybridized carbons (Fsp3) is 0.259. The smallest absolute Gasteiger partial charge is 0.142 e. The van der Waals surface area contributed by atoms with E-state index in [0.717, 1.165) is 29.1 Å². The predicted molar refractivity (Wildman–Crippen MR) is 132 cm³/mol. The number of methoxy groups -OCH3 is 2. The second kappa shape index (κ2) is 9.61. The van der Waals surface area contributed by atoms with Gasteiger partial charge in [-0.15, -0.1) is 0 Å². The van der Waals surface area contributed by atoms with Crippen molar-refractivity contribution >= 4 is 11.4 Å². The minimum atomic E-state index is 0.641. The zero-order chi connectivity index (χ0) is 22.5. The zero-order valence-corrected chi connectivity index (χ0v) is 19.3. The van der Waals surface area contributed by atoms with Crippen molar-refractivity contribution in [2.45, 2.75) is 27.7 Å². The molecule has 0 unspecified atom stereocenters. The number of nitrogens with two attached hydrogens (primary N) is 1. The minimum Gasteiger partial charge on any atom is -0.495 e. The molecule has 3 N–H and O–H groups in total. The standard InChI is InChI=1S/C27H32N2O2/c1-17(2)11-12-29-25-10-8-21(16-27(25)31-6)23-14-18(3)22(13-19(23)4)20-7-9-24(28)26(15-20)30-5/h7-11,13-16,29H,12,28H2,1-6H3. The molecule has 0 radical (unpaired) electrons. The lowest BCUT2D eigenvalue weighted by Crippen LogP contribution is -2.01. The summed E-state index contributed by atoms with van der Waals surface area (Å²) in [5, 5.41) is 3.42. The monoisotopic (exact) mass is 416 g/mol. The number of hydrogen-bond acceptors (Lipinski definition) is 4. The molecule has 0 aromatic heterocycles. The highest BCUT2D eigenvalue weighted by atomic mass is 16.5. The van der Waals surface area contributed by atoms with Crippen LogP contribution in [0.1, 0.15) is 25.0 Å². The van der Waals surface area contributed by atoms with E-state index in [9.17, 15) is 0 Å². The van der Waals surface area contributed by atoms with E-state index in [1.54, 1.807) is 14.2 Å². The molecular weight excluding hydrogens is 384 g/mol. The van der Waals surface area contributed by atoms with E-state index in [2.05, 4.69) is 69.4 Å². The van der Waals surface area contributed by atoms with Gasteiger partial charge in [0.25, 0.3) is 0 Å². The van der Waals surface area contributed by atoms with Gasteiger partial charge in [0.1, 0.15) is 11.5 Å². The Kier molecular flexibility index (Phi) is 6.91. The first kappa shape index (κ1) is 22.3. The third-order valence-electron chi connectivity index (χ3n) is 5.43. The lowest BCUT2D eigenvalue weighted by Gasteiger charge is -2.16. The summed E-state index contributed by atoms with van der Waals surface area (Å²) < 4.78 is 11.1. The predicted octanol–water partition coefficient (Wildman–Crippen LogP) is 6.61. The van der Waals surface area contributed by atoms with Crippen molar-refractivity contribution in [2.24, 2.45) is 0 Å². The molecule has 0 aliphatic carbocycles. The van der Waals surface area contributed by atoms with E-state index in [-0.39, 0.29) is 0 Å². The first-order chi connectivity index (χ1) is 14.8. The maximum absolute atomic E-state index is 5.99. The number of allylic oxidation sites excluding steroid dienone is 1. The van der Waals surface area contributed by atoms with Gasteiger partial charge in [-0.3, -0.25) is 0 Å². The second-order valence-corrected chi connectivity index (χ2v) is 8.02. The molecule has 0 atom stereocenters. The van der Waals surface area contributed by atoms with Crippen LogP contribution in [-0.4, -0.2) is 20.8 Å². The van der Waals surface area contributed by atoms with Crippen LogP contribution in [0.4, 0.5) is 11.4 Å². The van der Waals surface area contributed by atoms with Gasteiger partial charge in [0.05, 0.1) is 25.6 Å². The summed E-state index contributed by atoms with van der Waals surface area (Å²) in [6.07, 6.45) is 2.16. The van der Waals surface area contributed by atoms with Crippen molar-refractivity contribution in [3.8, 4) is 33.8 Å². The Morgan fingerprint density at radius 1 is 0.839 bits per heavy atom. The Hall–Kier alpha value is -3.40. The van der Waals surface area contributed by atoms with Crippen LogP contribution in [0.3, 0.4) is 0 Å². The van der Waals surface area contributed by atoms with Crippen LogP contribution < -0.4 is 20.5 Å². The van der Waals surface area contributed by atoms with Gasteiger partial charge < -0.3 is 20.5 Å². The normalized spacial score (nSPS) is 10.5. The molecule has 0 aliphatic rings. The van der Waals surface area contributed by atoms with Gasteiger partial charge in [-0.2, -0.15) is 0 Å². The van der Waals surface area contributed by atoms with Gasteiger partial charge in [-0.25, -0.2) is 0 Å². The topological polar surface area (TPSA) is 56.5 Å². The third kappa shape index (κ3) is 5.02. The van der Waals surface area contributed by atoms with E-state index in [0.29, 0.717) is 11.4 Å². The average molecular weight is 417 g/mol. The number of aryl methyl sites for hydroxylation is 2. The molecule has 0 saturated carbocycles.